The Morgan fingerprint density at radius 1 is 0.582 bits per heavy atom. The standard InChI is InChI=1S/C52H33N2O/c1-3-16-32(17-4-1)46-31-47(33-18-5-2-6-19-33)53(46)45-29-15-23-36-38-30-42-49-48(51(38)55-50(36)45)37-22-9-13-27-43(37)54(49)44-28-14-12-26-41(44)52(42)39-24-10-7-20-34(39)35-21-8-11-25-40(35)52/h1-12,14-26,28-31H,13,27H2/q+1. The maximum Gasteiger partial charge on any atom is 0.255 e. The molecule has 1 spiro atoms. The molecule has 4 heterocycles. The number of furan rings is 1. The number of hydrogen-bond acceptors (Lipinski definition) is 1. The lowest BCUT2D eigenvalue weighted by molar-refractivity contribution is -0.340. The van der Waals surface area contributed by atoms with Crippen molar-refractivity contribution in [1.29, 1.82) is 0 Å². The lowest BCUT2D eigenvalue weighted by Gasteiger charge is -2.40. The average molecular weight is 702 g/mol. The molecule has 0 radical (unpaired) electrons. The monoisotopic (exact) mass is 701 g/mol. The average Bonchev–Trinajstić information content (AvgIpc) is 3.88. The van der Waals surface area contributed by atoms with E-state index in [-0.39, 0.29) is 0 Å². The quantitative estimate of drug-likeness (QED) is 0.168. The van der Waals surface area contributed by atoms with Gasteiger partial charge in [-0.05, 0) is 88.7 Å². The molecule has 3 heteroatoms. The molecule has 2 aliphatic carbocycles. The van der Waals surface area contributed by atoms with E-state index in [1.165, 1.54) is 72.4 Å². The molecule has 9 aromatic rings. The molecule has 0 saturated carbocycles. The van der Waals surface area contributed by atoms with Crippen molar-refractivity contribution in [1.82, 2.24) is 4.57 Å². The highest BCUT2D eigenvalue weighted by Crippen LogP contribution is 2.62. The van der Waals surface area contributed by atoms with Crippen molar-refractivity contribution in [3.8, 4) is 16.8 Å². The maximum absolute atomic E-state index is 7.37. The van der Waals surface area contributed by atoms with Crippen molar-refractivity contribution in [2.45, 2.75) is 18.3 Å². The van der Waals surface area contributed by atoms with Crippen LogP contribution in [0.5, 0.6) is 0 Å². The minimum Gasteiger partial charge on any atom is -0.448 e. The number of fused-ring (bicyclic) bond motifs is 16. The first kappa shape index (κ1) is 29.5. The summed E-state index contributed by atoms with van der Waals surface area (Å²) in [4.78, 5) is 0. The van der Waals surface area contributed by atoms with Gasteiger partial charge in [0.1, 0.15) is 5.58 Å². The molecule has 256 valence electrons. The number of para-hydroxylation sites is 2. The second-order valence-electron chi connectivity index (χ2n) is 15.3. The highest BCUT2D eigenvalue weighted by molar-refractivity contribution is 6.22. The molecule has 55 heavy (non-hydrogen) atoms. The minimum absolute atomic E-state index is 0.493. The Hall–Kier alpha value is -6.97. The van der Waals surface area contributed by atoms with E-state index >= 15 is 0 Å². The highest BCUT2D eigenvalue weighted by Gasteiger charge is 2.51. The van der Waals surface area contributed by atoms with Crippen molar-refractivity contribution in [3.63, 3.8) is 0 Å². The number of allylic oxidation sites excluding steroid dienone is 2. The number of hydrogen-bond donors (Lipinski definition) is 0. The molecule has 0 atom stereocenters. The second-order valence-corrected chi connectivity index (χ2v) is 15.3. The molecular weight excluding hydrogens is 669 g/mol. The number of nitrogens with zero attached hydrogens (tertiary/aromatic N) is 2. The smallest absolute Gasteiger partial charge is 0.255 e. The van der Waals surface area contributed by atoms with Gasteiger partial charge in [0.2, 0.25) is 17.0 Å². The summed E-state index contributed by atoms with van der Waals surface area (Å²) in [6.07, 6.45) is 9.01. The van der Waals surface area contributed by atoms with E-state index in [1.54, 1.807) is 0 Å². The van der Waals surface area contributed by atoms with Crippen LogP contribution in [0.4, 0.5) is 5.69 Å². The predicted octanol–water partition coefficient (Wildman–Crippen LogP) is 12.4. The Balaban J connectivity index is 1.19. The van der Waals surface area contributed by atoms with Crippen LogP contribution in [0, 0.1) is 0 Å². The molecule has 0 bridgehead atoms. The largest absolute Gasteiger partial charge is 0.448 e. The molecule has 7 aromatic carbocycles. The predicted molar refractivity (Wildman–Crippen MR) is 224 cm³/mol. The zero-order chi connectivity index (χ0) is 35.8. The Bertz CT molecular complexity index is 3200. The summed E-state index contributed by atoms with van der Waals surface area (Å²) in [7, 11) is 0. The molecule has 0 N–H and O–H groups in total. The Morgan fingerprint density at radius 3 is 2.02 bits per heavy atom. The first-order valence-electron chi connectivity index (χ1n) is 19.3. The zero-order valence-corrected chi connectivity index (χ0v) is 30.0. The minimum atomic E-state index is -0.493. The van der Waals surface area contributed by atoms with Crippen molar-refractivity contribution < 1.29 is 8.99 Å². The molecule has 2 aliphatic heterocycles. The number of aromatic nitrogens is 1. The first-order chi connectivity index (χ1) is 27.3. The third-order valence-corrected chi connectivity index (χ3v) is 12.7. The van der Waals surface area contributed by atoms with E-state index in [4.69, 9.17) is 4.42 Å². The molecule has 0 amide bonds. The lowest BCUT2D eigenvalue weighted by atomic mass is 9.65. The van der Waals surface area contributed by atoms with Gasteiger partial charge >= 0.3 is 0 Å². The summed E-state index contributed by atoms with van der Waals surface area (Å²) in [5, 5.41) is 3.50. The van der Waals surface area contributed by atoms with Gasteiger partial charge in [-0.15, -0.1) is 4.58 Å². The van der Waals surface area contributed by atoms with Gasteiger partial charge in [0.05, 0.1) is 28.1 Å². The third-order valence-electron chi connectivity index (χ3n) is 12.7. The van der Waals surface area contributed by atoms with Gasteiger partial charge in [0.25, 0.3) is 5.69 Å². The van der Waals surface area contributed by atoms with Gasteiger partial charge in [0, 0.05) is 39.2 Å². The zero-order valence-electron chi connectivity index (χ0n) is 30.0. The summed E-state index contributed by atoms with van der Waals surface area (Å²) < 4.78 is 12.4. The van der Waals surface area contributed by atoms with Crippen LogP contribution in [0.15, 0.2) is 174 Å². The Kier molecular flexibility index (Phi) is 5.67. The van der Waals surface area contributed by atoms with Crippen LogP contribution in [-0.2, 0) is 11.8 Å². The molecule has 0 fully saturated rings. The molecule has 2 aromatic heterocycles. The fourth-order valence-electron chi connectivity index (χ4n) is 10.5. The van der Waals surface area contributed by atoms with Gasteiger partial charge in [-0.2, -0.15) is 0 Å². The summed E-state index contributed by atoms with van der Waals surface area (Å²) in [5.74, 6) is 0. The van der Waals surface area contributed by atoms with E-state index in [2.05, 4.69) is 185 Å². The van der Waals surface area contributed by atoms with E-state index in [0.717, 1.165) is 51.9 Å². The van der Waals surface area contributed by atoms with Crippen molar-refractivity contribution >= 4 is 56.0 Å². The molecule has 13 rings (SSSR count). The van der Waals surface area contributed by atoms with Crippen molar-refractivity contribution in [3.05, 3.63) is 215 Å². The third kappa shape index (κ3) is 3.59. The highest BCUT2D eigenvalue weighted by atomic mass is 16.3. The normalized spacial score (nSPS) is 15.6. The molecule has 3 nitrogen and oxygen atoms in total. The van der Waals surface area contributed by atoms with Crippen molar-refractivity contribution in [2.75, 3.05) is 0 Å². The molecular formula is C52H33N2O+. The van der Waals surface area contributed by atoms with Crippen LogP contribution >= 0.6 is 0 Å². The van der Waals surface area contributed by atoms with E-state index < -0.39 is 5.41 Å². The van der Waals surface area contributed by atoms with E-state index in [9.17, 15) is 0 Å². The second kappa shape index (κ2) is 10.6. The number of rotatable bonds is 3. The fraction of sp³-hybridized carbons (Fsp3) is 0.0577. The van der Waals surface area contributed by atoms with Crippen LogP contribution in [0.3, 0.4) is 0 Å². The van der Waals surface area contributed by atoms with Crippen molar-refractivity contribution in [2.24, 2.45) is 0 Å². The Labute approximate surface area is 318 Å². The van der Waals surface area contributed by atoms with Crippen LogP contribution in [0.2, 0.25) is 0 Å². The first-order valence-corrected chi connectivity index (χ1v) is 19.3. The van der Waals surface area contributed by atoms with Gasteiger partial charge in [0.15, 0.2) is 0 Å². The van der Waals surface area contributed by atoms with E-state index in [0.29, 0.717) is 0 Å². The van der Waals surface area contributed by atoms with Crippen LogP contribution in [0.1, 0.15) is 51.1 Å². The molecule has 0 saturated heterocycles. The van der Waals surface area contributed by atoms with E-state index in [1.807, 2.05) is 0 Å². The molecule has 0 unspecified atom stereocenters. The van der Waals surface area contributed by atoms with Crippen LogP contribution in [0.25, 0.3) is 61.4 Å². The number of benzene rings is 7. The fourth-order valence-corrected chi connectivity index (χ4v) is 10.5. The SMILES string of the molecule is C1=Cc2c(n3c4c(cc5c6cccc([N+]7=C(c8ccccc8)C=C7c7ccccc7)c6oc5c24)C2(c4ccccc4-c4ccccc42)c2ccccc2-3)CC1. The molecule has 4 aliphatic rings. The summed E-state index contributed by atoms with van der Waals surface area (Å²) >= 11 is 0. The summed E-state index contributed by atoms with van der Waals surface area (Å²) in [5.41, 5.74) is 20.3. The summed E-state index contributed by atoms with van der Waals surface area (Å²) in [6, 6.07) is 57.9. The lowest BCUT2D eigenvalue weighted by Crippen LogP contribution is -2.33. The van der Waals surface area contributed by atoms with Crippen LogP contribution in [-0.4, -0.2) is 14.9 Å². The van der Waals surface area contributed by atoms with Crippen LogP contribution < -0.4 is 0 Å². The topological polar surface area (TPSA) is 21.1 Å². The van der Waals surface area contributed by atoms with Gasteiger partial charge in [-0.3, -0.25) is 0 Å². The Morgan fingerprint density at radius 2 is 1.25 bits per heavy atom. The maximum atomic E-state index is 7.37. The van der Waals surface area contributed by atoms with Gasteiger partial charge in [-0.25, -0.2) is 0 Å². The van der Waals surface area contributed by atoms with Gasteiger partial charge in [-0.1, -0.05) is 121 Å². The van der Waals surface area contributed by atoms with Gasteiger partial charge < -0.3 is 8.98 Å². The summed E-state index contributed by atoms with van der Waals surface area (Å²) in [6.45, 7) is 0.